The number of carboxylic acids is 1. The predicted molar refractivity (Wildman–Crippen MR) is 43.2 cm³/mol. The van der Waals surface area contributed by atoms with Gasteiger partial charge in [-0.3, -0.25) is 9.48 Å². The van der Waals surface area contributed by atoms with E-state index in [0.717, 1.165) is 0 Å². The van der Waals surface area contributed by atoms with Crippen LogP contribution in [0.25, 0.3) is 11.5 Å². The SMILES string of the molecule is O=C(O)Cn1cc(-c2ncno2)cn1. The van der Waals surface area contributed by atoms with E-state index in [4.69, 9.17) is 9.63 Å². The van der Waals surface area contributed by atoms with Crippen molar-refractivity contribution in [3.8, 4) is 11.5 Å². The van der Waals surface area contributed by atoms with Crippen molar-refractivity contribution in [3.05, 3.63) is 18.7 Å². The molecule has 0 aromatic carbocycles. The maximum absolute atomic E-state index is 10.4. The monoisotopic (exact) mass is 194 g/mol. The van der Waals surface area contributed by atoms with Crippen LogP contribution in [0.5, 0.6) is 0 Å². The van der Waals surface area contributed by atoms with Gasteiger partial charge < -0.3 is 9.63 Å². The first-order valence-electron chi connectivity index (χ1n) is 3.77. The van der Waals surface area contributed by atoms with Crippen LogP contribution in [0.15, 0.2) is 23.2 Å². The third kappa shape index (κ3) is 1.60. The number of carbonyl (C=O) groups is 1. The fourth-order valence-corrected chi connectivity index (χ4v) is 0.999. The maximum atomic E-state index is 10.4. The first kappa shape index (κ1) is 8.42. The normalized spacial score (nSPS) is 10.3. The molecule has 7 nitrogen and oxygen atoms in total. The van der Waals surface area contributed by atoms with Gasteiger partial charge >= 0.3 is 5.97 Å². The molecule has 2 aromatic rings. The first-order valence-corrected chi connectivity index (χ1v) is 3.77. The van der Waals surface area contributed by atoms with Gasteiger partial charge in [-0.2, -0.15) is 10.1 Å². The summed E-state index contributed by atoms with van der Waals surface area (Å²) in [6, 6.07) is 0. The molecule has 0 amide bonds. The van der Waals surface area contributed by atoms with Crippen molar-refractivity contribution in [1.29, 1.82) is 0 Å². The molecule has 0 saturated carbocycles. The van der Waals surface area contributed by atoms with Gasteiger partial charge in [0.1, 0.15) is 6.54 Å². The van der Waals surface area contributed by atoms with Crippen molar-refractivity contribution in [2.45, 2.75) is 6.54 Å². The molecule has 0 bridgehead atoms. The summed E-state index contributed by atoms with van der Waals surface area (Å²) in [5.41, 5.74) is 0.601. The van der Waals surface area contributed by atoms with Gasteiger partial charge in [0.25, 0.3) is 5.89 Å². The quantitative estimate of drug-likeness (QED) is 0.740. The summed E-state index contributed by atoms with van der Waals surface area (Å²) in [6.07, 6.45) is 4.27. The lowest BCUT2D eigenvalue weighted by atomic mass is 10.4. The Morgan fingerprint density at radius 3 is 3.14 bits per heavy atom. The van der Waals surface area contributed by atoms with Crippen molar-refractivity contribution < 1.29 is 14.4 Å². The van der Waals surface area contributed by atoms with E-state index >= 15 is 0 Å². The molecular formula is C7H6N4O3. The molecule has 0 aliphatic carbocycles. The Labute approximate surface area is 78.0 Å². The summed E-state index contributed by atoms with van der Waals surface area (Å²) in [4.78, 5) is 14.2. The molecule has 72 valence electrons. The molecule has 0 saturated heterocycles. The average molecular weight is 194 g/mol. The van der Waals surface area contributed by atoms with Crippen LogP contribution in [-0.2, 0) is 11.3 Å². The standard InChI is InChI=1S/C7H6N4O3/c12-6(13)3-11-2-5(1-9-11)7-8-4-10-14-7/h1-2,4H,3H2,(H,12,13). The molecule has 0 unspecified atom stereocenters. The van der Waals surface area contributed by atoms with Crippen LogP contribution >= 0.6 is 0 Å². The topological polar surface area (TPSA) is 94.0 Å². The van der Waals surface area contributed by atoms with Gasteiger partial charge in [-0.15, -0.1) is 0 Å². The van der Waals surface area contributed by atoms with E-state index in [-0.39, 0.29) is 6.54 Å². The zero-order valence-electron chi connectivity index (χ0n) is 6.99. The third-order valence-corrected chi connectivity index (χ3v) is 1.54. The molecule has 0 fully saturated rings. The van der Waals surface area contributed by atoms with Crippen molar-refractivity contribution in [2.75, 3.05) is 0 Å². The number of nitrogens with zero attached hydrogens (tertiary/aromatic N) is 4. The van der Waals surface area contributed by atoms with Crippen LogP contribution in [0, 0.1) is 0 Å². The van der Waals surface area contributed by atoms with Gasteiger partial charge in [-0.25, -0.2) is 0 Å². The van der Waals surface area contributed by atoms with E-state index in [1.165, 1.54) is 23.4 Å². The fraction of sp³-hybridized carbons (Fsp3) is 0.143. The Morgan fingerprint density at radius 1 is 1.64 bits per heavy atom. The molecule has 1 N–H and O–H groups in total. The second kappa shape index (κ2) is 3.29. The lowest BCUT2D eigenvalue weighted by Crippen LogP contribution is -2.08. The van der Waals surface area contributed by atoms with Crippen molar-refractivity contribution in [2.24, 2.45) is 0 Å². The summed E-state index contributed by atoms with van der Waals surface area (Å²) in [7, 11) is 0. The minimum absolute atomic E-state index is 0.186. The molecule has 0 radical (unpaired) electrons. The molecule has 0 spiro atoms. The predicted octanol–water partition coefficient (Wildman–Crippen LogP) is 0.0177. The van der Waals surface area contributed by atoms with Crippen LogP contribution < -0.4 is 0 Å². The van der Waals surface area contributed by atoms with E-state index in [1.807, 2.05) is 0 Å². The fourth-order valence-electron chi connectivity index (χ4n) is 0.999. The highest BCUT2D eigenvalue weighted by Crippen LogP contribution is 2.13. The molecule has 0 atom stereocenters. The van der Waals surface area contributed by atoms with Gasteiger partial charge in [0, 0.05) is 6.20 Å². The third-order valence-electron chi connectivity index (χ3n) is 1.54. The number of hydrogen-bond acceptors (Lipinski definition) is 5. The van der Waals surface area contributed by atoms with Crippen molar-refractivity contribution in [3.63, 3.8) is 0 Å². The van der Waals surface area contributed by atoms with E-state index in [9.17, 15) is 4.79 Å². The van der Waals surface area contributed by atoms with Crippen molar-refractivity contribution >= 4 is 5.97 Å². The summed E-state index contributed by atoms with van der Waals surface area (Å²) >= 11 is 0. The highest BCUT2D eigenvalue weighted by atomic mass is 16.5. The Hall–Kier alpha value is -2.18. The Kier molecular flexibility index (Phi) is 1.98. The highest BCUT2D eigenvalue weighted by Gasteiger charge is 2.07. The summed E-state index contributed by atoms with van der Waals surface area (Å²) in [5, 5.41) is 15.7. The van der Waals surface area contributed by atoms with Gasteiger partial charge in [0.2, 0.25) is 0 Å². The van der Waals surface area contributed by atoms with Crippen LogP contribution in [0.3, 0.4) is 0 Å². The lowest BCUT2D eigenvalue weighted by Gasteiger charge is -1.92. The number of hydrogen-bond donors (Lipinski definition) is 1. The van der Waals surface area contributed by atoms with Gasteiger partial charge in [-0.05, 0) is 0 Å². The number of aliphatic carboxylic acids is 1. The Morgan fingerprint density at radius 2 is 2.50 bits per heavy atom. The van der Waals surface area contributed by atoms with Gasteiger partial charge in [0.15, 0.2) is 6.33 Å². The maximum Gasteiger partial charge on any atom is 0.325 e. The van der Waals surface area contributed by atoms with E-state index in [0.29, 0.717) is 11.5 Å². The highest BCUT2D eigenvalue weighted by molar-refractivity contribution is 5.66. The molecule has 0 aliphatic rings. The van der Waals surface area contributed by atoms with Crippen LogP contribution in [-0.4, -0.2) is 31.0 Å². The molecule has 7 heteroatoms. The lowest BCUT2D eigenvalue weighted by molar-refractivity contribution is -0.137. The molecule has 2 heterocycles. The zero-order valence-corrected chi connectivity index (χ0v) is 6.99. The smallest absolute Gasteiger partial charge is 0.325 e. The van der Waals surface area contributed by atoms with Crippen molar-refractivity contribution in [1.82, 2.24) is 19.9 Å². The minimum atomic E-state index is -0.954. The molecule has 0 aliphatic heterocycles. The second-order valence-corrected chi connectivity index (χ2v) is 2.57. The van der Waals surface area contributed by atoms with Gasteiger partial charge in [-0.1, -0.05) is 5.16 Å². The van der Waals surface area contributed by atoms with E-state index < -0.39 is 5.97 Å². The Balaban J connectivity index is 2.22. The number of rotatable bonds is 3. The summed E-state index contributed by atoms with van der Waals surface area (Å²) in [6.45, 7) is -0.186. The average Bonchev–Trinajstić information content (AvgIpc) is 2.69. The van der Waals surface area contributed by atoms with Crippen LogP contribution in [0.2, 0.25) is 0 Å². The molecule has 14 heavy (non-hydrogen) atoms. The number of carboxylic acid groups (broad SMARTS) is 1. The van der Waals surface area contributed by atoms with Crippen LogP contribution in [0.1, 0.15) is 0 Å². The molecule has 2 aromatic heterocycles. The molecular weight excluding hydrogens is 188 g/mol. The van der Waals surface area contributed by atoms with E-state index in [2.05, 4.69) is 15.2 Å². The van der Waals surface area contributed by atoms with Crippen LogP contribution in [0.4, 0.5) is 0 Å². The first-order chi connectivity index (χ1) is 6.75. The largest absolute Gasteiger partial charge is 0.480 e. The minimum Gasteiger partial charge on any atom is -0.480 e. The number of aromatic nitrogens is 4. The van der Waals surface area contributed by atoms with E-state index in [1.54, 1.807) is 0 Å². The Bertz CT molecular complexity index is 433. The van der Waals surface area contributed by atoms with Gasteiger partial charge in [0.05, 0.1) is 11.8 Å². The second-order valence-electron chi connectivity index (χ2n) is 2.57. The zero-order chi connectivity index (χ0) is 9.97. The summed E-state index contributed by atoms with van der Waals surface area (Å²) in [5.74, 6) is -0.633. The summed E-state index contributed by atoms with van der Waals surface area (Å²) < 4.78 is 6.06. The molecule has 2 rings (SSSR count).